The minimum atomic E-state index is -3.86. The normalized spacial score (nSPS) is 15.8. The molecule has 0 fully saturated rings. The van der Waals surface area contributed by atoms with Gasteiger partial charge in [0, 0.05) is 0 Å². The van der Waals surface area contributed by atoms with Crippen molar-refractivity contribution in [3.8, 4) is 0 Å². The van der Waals surface area contributed by atoms with Gasteiger partial charge in [0.2, 0.25) is 11.5 Å². The Morgan fingerprint density at radius 2 is 0.750 bits per heavy atom. The Kier molecular flexibility index (Phi) is 2.65. The number of hydrogen-bond acceptors (Lipinski definition) is 8. The van der Waals surface area contributed by atoms with Crippen molar-refractivity contribution >= 4 is 0 Å². The maximum atomic E-state index is 8.39. The van der Waals surface area contributed by atoms with E-state index in [2.05, 4.69) is 0 Å². The highest BCUT2D eigenvalue weighted by Crippen LogP contribution is 2.16. The van der Waals surface area contributed by atoms with Crippen LogP contribution in [0.5, 0.6) is 0 Å². The Hall–Kier alpha value is -0.900. The number of hydrogen-bond donors (Lipinski definition) is 8. The first-order valence-corrected chi connectivity index (χ1v) is 2.54. The van der Waals surface area contributed by atoms with E-state index in [1.165, 1.54) is 0 Å². The molecule has 0 rings (SSSR count). The van der Waals surface area contributed by atoms with Crippen LogP contribution in [0.1, 0.15) is 0 Å². The molecule has 0 aromatic rings. The highest BCUT2D eigenvalue weighted by atomic mass is 16.7. The first-order chi connectivity index (χ1) is 5.07. The summed E-state index contributed by atoms with van der Waals surface area (Å²) in [5.74, 6) is -11.7. The zero-order valence-corrected chi connectivity index (χ0v) is 5.58. The van der Waals surface area contributed by atoms with E-state index >= 15 is 0 Å². The summed E-state index contributed by atoms with van der Waals surface area (Å²) < 4.78 is 0. The van der Waals surface area contributed by atoms with Crippen LogP contribution in [0.4, 0.5) is 0 Å². The summed E-state index contributed by atoms with van der Waals surface area (Å²) in [4.78, 5) is 0. The molecular weight excluding hydrogens is 176 g/mol. The summed E-state index contributed by atoms with van der Waals surface area (Å²) in [5, 5.41) is 65.6. The molecule has 0 radical (unpaired) electrons. The molecule has 0 spiro atoms. The van der Waals surface area contributed by atoms with Crippen LogP contribution in [0, 0.1) is 0 Å². The highest BCUT2D eigenvalue weighted by Gasteiger charge is 2.38. The fourth-order valence-electron chi connectivity index (χ4n) is 0.318. The molecule has 0 aliphatic rings. The minimum absolute atomic E-state index is 2.00. The van der Waals surface area contributed by atoms with E-state index in [0.717, 1.165) is 0 Å². The van der Waals surface area contributed by atoms with Crippen molar-refractivity contribution in [3.63, 3.8) is 0 Å². The Labute approximate surface area is 65.5 Å². The average molecular weight is 184 g/mol. The van der Waals surface area contributed by atoms with Crippen LogP contribution < -0.4 is 0 Å². The van der Waals surface area contributed by atoms with Crippen LogP contribution in [0.3, 0.4) is 0 Å². The molecule has 12 heavy (non-hydrogen) atoms. The standard InChI is InChI=1S/C4H8O8/c5-1(3(7,8)9)2(6)4(10,11)12/h5-12H/b2-1+. The summed E-state index contributed by atoms with van der Waals surface area (Å²) >= 11 is 0. The lowest BCUT2D eigenvalue weighted by molar-refractivity contribution is -0.324. The molecule has 0 bridgehead atoms. The minimum Gasteiger partial charge on any atom is -0.502 e. The first-order valence-electron chi connectivity index (χ1n) is 2.54. The third-order valence-electron chi connectivity index (χ3n) is 0.860. The molecule has 0 amide bonds. The van der Waals surface area contributed by atoms with Gasteiger partial charge in [0.05, 0.1) is 0 Å². The molecule has 8 N–H and O–H groups in total. The van der Waals surface area contributed by atoms with E-state index in [1.54, 1.807) is 0 Å². The van der Waals surface area contributed by atoms with Gasteiger partial charge < -0.3 is 40.9 Å². The van der Waals surface area contributed by atoms with Crippen molar-refractivity contribution in [3.05, 3.63) is 11.5 Å². The predicted molar refractivity (Wildman–Crippen MR) is 31.1 cm³/mol. The Balaban J connectivity index is 4.96. The topological polar surface area (TPSA) is 162 Å². The molecule has 0 saturated heterocycles. The lowest BCUT2D eigenvalue weighted by atomic mass is 10.3. The Morgan fingerprint density at radius 1 is 0.583 bits per heavy atom. The van der Waals surface area contributed by atoms with Crippen LogP contribution in [0.25, 0.3) is 0 Å². The van der Waals surface area contributed by atoms with Gasteiger partial charge in [-0.15, -0.1) is 0 Å². The summed E-state index contributed by atoms with van der Waals surface area (Å²) in [6.07, 6.45) is 0. The van der Waals surface area contributed by atoms with Crippen molar-refractivity contribution in [2.75, 3.05) is 0 Å². The van der Waals surface area contributed by atoms with Gasteiger partial charge >= 0.3 is 11.9 Å². The van der Waals surface area contributed by atoms with Gasteiger partial charge in [-0.3, -0.25) is 0 Å². The van der Waals surface area contributed by atoms with Crippen LogP contribution in [-0.4, -0.2) is 52.8 Å². The summed E-state index contributed by atoms with van der Waals surface area (Å²) in [6, 6.07) is 0. The lowest BCUT2D eigenvalue weighted by Gasteiger charge is -2.18. The molecule has 0 atom stereocenters. The van der Waals surface area contributed by atoms with Gasteiger partial charge in [0.1, 0.15) is 0 Å². The van der Waals surface area contributed by atoms with Crippen molar-refractivity contribution in [2.24, 2.45) is 0 Å². The van der Waals surface area contributed by atoms with Gasteiger partial charge in [-0.1, -0.05) is 0 Å². The molecule has 8 nitrogen and oxygen atoms in total. The predicted octanol–water partition coefficient (Wildman–Crippen LogP) is -3.42. The van der Waals surface area contributed by atoms with Crippen molar-refractivity contribution < 1.29 is 40.9 Å². The van der Waals surface area contributed by atoms with Gasteiger partial charge in [-0.2, -0.15) is 0 Å². The maximum absolute atomic E-state index is 8.39. The van der Waals surface area contributed by atoms with E-state index in [1.807, 2.05) is 0 Å². The van der Waals surface area contributed by atoms with Crippen LogP contribution >= 0.6 is 0 Å². The second-order valence-electron chi connectivity index (χ2n) is 1.97. The SMILES string of the molecule is O/C(=C(/O)C(O)(O)O)C(O)(O)O. The van der Waals surface area contributed by atoms with Crippen molar-refractivity contribution in [1.82, 2.24) is 0 Å². The number of aliphatic hydroxyl groups excluding tert-OH is 2. The Morgan fingerprint density at radius 3 is 0.833 bits per heavy atom. The molecule has 0 aromatic carbocycles. The third-order valence-corrected chi connectivity index (χ3v) is 0.860. The second kappa shape index (κ2) is 2.86. The Bertz CT molecular complexity index is 170. The van der Waals surface area contributed by atoms with E-state index in [4.69, 9.17) is 40.9 Å². The van der Waals surface area contributed by atoms with Gasteiger partial charge in [-0.05, 0) is 0 Å². The van der Waals surface area contributed by atoms with Crippen molar-refractivity contribution in [2.45, 2.75) is 11.9 Å². The number of rotatable bonds is 2. The highest BCUT2D eigenvalue weighted by molar-refractivity contribution is 5.07. The van der Waals surface area contributed by atoms with Crippen LogP contribution in [-0.2, 0) is 0 Å². The van der Waals surface area contributed by atoms with E-state index in [9.17, 15) is 0 Å². The molecule has 0 heterocycles. The monoisotopic (exact) mass is 184 g/mol. The summed E-state index contributed by atoms with van der Waals surface area (Å²) in [5.41, 5.74) is 0. The van der Waals surface area contributed by atoms with Gasteiger partial charge in [0.25, 0.3) is 0 Å². The molecule has 72 valence electrons. The fraction of sp³-hybridized carbons (Fsp3) is 0.500. The van der Waals surface area contributed by atoms with E-state index in [-0.39, 0.29) is 0 Å². The smallest absolute Gasteiger partial charge is 0.341 e. The number of aliphatic hydroxyl groups is 8. The molecule has 0 saturated carbocycles. The van der Waals surface area contributed by atoms with E-state index < -0.39 is 23.5 Å². The molecule has 0 aliphatic carbocycles. The molecule has 0 aliphatic heterocycles. The van der Waals surface area contributed by atoms with E-state index in [0.29, 0.717) is 0 Å². The summed E-state index contributed by atoms with van der Waals surface area (Å²) in [6.45, 7) is 0. The summed E-state index contributed by atoms with van der Waals surface area (Å²) in [7, 11) is 0. The van der Waals surface area contributed by atoms with Gasteiger partial charge in [-0.25, -0.2) is 0 Å². The third kappa shape index (κ3) is 2.62. The lowest BCUT2D eigenvalue weighted by Crippen LogP contribution is -2.38. The van der Waals surface area contributed by atoms with Crippen molar-refractivity contribution in [1.29, 1.82) is 0 Å². The zero-order chi connectivity index (χ0) is 10.2. The van der Waals surface area contributed by atoms with Crippen LogP contribution in [0.15, 0.2) is 11.5 Å². The molecule has 0 unspecified atom stereocenters. The molecular formula is C4H8O8. The fourth-order valence-corrected chi connectivity index (χ4v) is 0.318. The molecule has 0 aromatic heterocycles. The zero-order valence-electron chi connectivity index (χ0n) is 5.58. The largest absolute Gasteiger partial charge is 0.502 e. The van der Waals surface area contributed by atoms with Gasteiger partial charge in [0.15, 0.2) is 0 Å². The average Bonchev–Trinajstić information content (AvgIpc) is 1.80. The first kappa shape index (κ1) is 11.1. The second-order valence-corrected chi connectivity index (χ2v) is 1.97. The van der Waals surface area contributed by atoms with Crippen LogP contribution in [0.2, 0.25) is 0 Å². The maximum Gasteiger partial charge on any atom is 0.341 e. The molecule has 8 heteroatoms. The quantitative estimate of drug-likeness (QED) is 0.162.